The van der Waals surface area contributed by atoms with E-state index in [1.165, 1.54) is 18.2 Å². The minimum atomic E-state index is -3.83. The number of rotatable bonds is 4. The Hall–Kier alpha value is -0.750. The number of sulfonamides is 1. The molecule has 0 aliphatic rings. The molecule has 0 aliphatic carbocycles. The molecule has 7 heteroatoms. The van der Waals surface area contributed by atoms with Crippen LogP contribution < -0.4 is 9.88 Å². The van der Waals surface area contributed by atoms with Gasteiger partial charge in [-0.2, -0.15) is 0 Å². The highest BCUT2D eigenvalue weighted by Gasteiger charge is 2.15. The number of primary sulfonamides is 1. The van der Waals surface area contributed by atoms with Crippen molar-refractivity contribution >= 4 is 33.2 Å². The lowest BCUT2D eigenvalue weighted by molar-refractivity contribution is 0.363. The first-order valence-corrected chi connectivity index (χ1v) is 6.42. The van der Waals surface area contributed by atoms with E-state index >= 15 is 0 Å². The lowest BCUT2D eigenvalue weighted by Crippen LogP contribution is -2.12. The Morgan fingerprint density at radius 3 is 2.25 bits per heavy atom. The van der Waals surface area contributed by atoms with Gasteiger partial charge >= 0.3 is 0 Å². The third-order valence-electron chi connectivity index (χ3n) is 1.65. The molecule has 2 N–H and O–H groups in total. The minimum Gasteiger partial charge on any atom is -0.486 e. The van der Waals surface area contributed by atoms with Gasteiger partial charge in [-0.15, -0.1) is 0 Å². The topological polar surface area (TPSA) is 69.4 Å². The van der Waals surface area contributed by atoms with E-state index in [1.807, 2.05) is 0 Å². The Kier molecular flexibility index (Phi) is 4.21. The predicted molar refractivity (Wildman–Crippen MR) is 63.5 cm³/mol. The summed E-state index contributed by atoms with van der Waals surface area (Å²) in [6.45, 7) is 3.68. The number of benzene rings is 1. The van der Waals surface area contributed by atoms with Crippen LogP contribution in [0.2, 0.25) is 10.0 Å². The Morgan fingerprint density at radius 2 is 1.88 bits per heavy atom. The van der Waals surface area contributed by atoms with Crippen molar-refractivity contribution in [3.63, 3.8) is 0 Å². The van der Waals surface area contributed by atoms with Gasteiger partial charge in [0.25, 0.3) is 0 Å². The standard InChI is InChI=1S/C9H9Cl2NO3S/c1-2-3-15-9-7(10)4-6(5-8(9)11)16(12,13)14/h2,4-5H,1,3H2,(H2,12,13,14). The van der Waals surface area contributed by atoms with Crippen LogP contribution in [0.25, 0.3) is 0 Å². The summed E-state index contributed by atoms with van der Waals surface area (Å²) in [5.74, 6) is 0.204. The maximum absolute atomic E-state index is 11.1. The molecule has 1 aromatic carbocycles. The average molecular weight is 282 g/mol. The Labute approximate surface area is 104 Å². The molecule has 0 saturated carbocycles. The molecular weight excluding hydrogens is 273 g/mol. The zero-order valence-electron chi connectivity index (χ0n) is 8.11. The first-order valence-electron chi connectivity index (χ1n) is 4.12. The predicted octanol–water partition coefficient (Wildman–Crippen LogP) is 2.21. The van der Waals surface area contributed by atoms with E-state index in [0.29, 0.717) is 0 Å². The number of nitrogens with two attached hydrogens (primary N) is 1. The van der Waals surface area contributed by atoms with Gasteiger partial charge in [0, 0.05) is 0 Å². The molecule has 0 amide bonds. The fourth-order valence-electron chi connectivity index (χ4n) is 0.981. The lowest BCUT2D eigenvalue weighted by atomic mass is 10.3. The summed E-state index contributed by atoms with van der Waals surface area (Å²) in [4.78, 5) is -0.159. The van der Waals surface area contributed by atoms with Gasteiger partial charge in [-0.05, 0) is 12.1 Å². The molecule has 1 rings (SSSR count). The van der Waals surface area contributed by atoms with Crippen molar-refractivity contribution < 1.29 is 13.2 Å². The van der Waals surface area contributed by atoms with Crippen LogP contribution in [0.5, 0.6) is 5.75 Å². The van der Waals surface area contributed by atoms with Crippen LogP contribution >= 0.6 is 23.2 Å². The van der Waals surface area contributed by atoms with Crippen LogP contribution in [0.15, 0.2) is 29.7 Å². The summed E-state index contributed by atoms with van der Waals surface area (Å²) in [6, 6.07) is 2.36. The first kappa shape index (κ1) is 13.3. The molecule has 16 heavy (non-hydrogen) atoms. The van der Waals surface area contributed by atoms with Crippen molar-refractivity contribution in [3.8, 4) is 5.75 Å². The van der Waals surface area contributed by atoms with Gasteiger partial charge in [0.1, 0.15) is 6.61 Å². The van der Waals surface area contributed by atoms with E-state index in [4.69, 9.17) is 33.1 Å². The second-order valence-corrected chi connectivity index (χ2v) is 5.24. The van der Waals surface area contributed by atoms with Crippen LogP contribution in [-0.2, 0) is 10.0 Å². The molecule has 0 radical (unpaired) electrons. The summed E-state index contributed by atoms with van der Waals surface area (Å²) in [5, 5.41) is 5.11. The molecule has 1 aromatic rings. The Morgan fingerprint density at radius 1 is 1.38 bits per heavy atom. The maximum atomic E-state index is 11.1. The number of halogens is 2. The van der Waals surface area contributed by atoms with Crippen LogP contribution in [0.3, 0.4) is 0 Å². The number of hydrogen-bond donors (Lipinski definition) is 1. The molecule has 0 aliphatic heterocycles. The normalized spacial score (nSPS) is 11.2. The second-order valence-electron chi connectivity index (χ2n) is 2.86. The van der Waals surface area contributed by atoms with E-state index in [-0.39, 0.29) is 27.3 Å². The Bertz CT molecular complexity index is 490. The van der Waals surface area contributed by atoms with Crippen LogP contribution in [0.4, 0.5) is 0 Å². The molecule has 0 atom stereocenters. The van der Waals surface area contributed by atoms with Crippen molar-refractivity contribution in [1.29, 1.82) is 0 Å². The Balaban J connectivity index is 3.22. The third kappa shape index (κ3) is 3.12. The molecule has 0 heterocycles. The van der Waals surface area contributed by atoms with Crippen molar-refractivity contribution in [2.45, 2.75) is 4.90 Å². The van der Waals surface area contributed by atoms with Gasteiger partial charge in [0.15, 0.2) is 5.75 Å². The SMILES string of the molecule is C=CCOc1c(Cl)cc(S(N)(=O)=O)cc1Cl. The fourth-order valence-corrected chi connectivity index (χ4v) is 2.27. The van der Waals surface area contributed by atoms with Gasteiger partial charge in [0.05, 0.1) is 14.9 Å². The number of ether oxygens (including phenoxy) is 1. The van der Waals surface area contributed by atoms with Gasteiger partial charge < -0.3 is 4.74 Å². The van der Waals surface area contributed by atoms with Gasteiger partial charge in [-0.1, -0.05) is 35.9 Å². The summed E-state index contributed by atoms with van der Waals surface area (Å²) in [5.41, 5.74) is 0. The molecular formula is C9H9Cl2NO3S. The third-order valence-corrected chi connectivity index (χ3v) is 3.10. The van der Waals surface area contributed by atoms with Gasteiger partial charge in [-0.3, -0.25) is 0 Å². The van der Waals surface area contributed by atoms with Crippen molar-refractivity contribution in [1.82, 2.24) is 0 Å². The minimum absolute atomic E-state index is 0.0818. The number of hydrogen-bond acceptors (Lipinski definition) is 3. The lowest BCUT2D eigenvalue weighted by Gasteiger charge is -2.09. The summed E-state index contributed by atoms with van der Waals surface area (Å²) < 4.78 is 27.3. The van der Waals surface area contributed by atoms with E-state index in [1.54, 1.807) is 0 Å². The maximum Gasteiger partial charge on any atom is 0.238 e. The molecule has 0 saturated heterocycles. The monoisotopic (exact) mass is 281 g/mol. The highest BCUT2D eigenvalue weighted by molar-refractivity contribution is 7.89. The quantitative estimate of drug-likeness (QED) is 0.861. The van der Waals surface area contributed by atoms with Crippen molar-refractivity contribution in [2.24, 2.45) is 5.14 Å². The van der Waals surface area contributed by atoms with Crippen LogP contribution in [0, 0.1) is 0 Å². The largest absolute Gasteiger partial charge is 0.486 e. The fraction of sp³-hybridized carbons (Fsp3) is 0.111. The van der Waals surface area contributed by atoms with Gasteiger partial charge in [-0.25, -0.2) is 13.6 Å². The molecule has 0 unspecified atom stereocenters. The summed E-state index contributed by atoms with van der Waals surface area (Å²) in [6.07, 6.45) is 1.51. The zero-order valence-corrected chi connectivity index (χ0v) is 10.4. The van der Waals surface area contributed by atoms with Crippen molar-refractivity contribution in [3.05, 3.63) is 34.8 Å². The van der Waals surface area contributed by atoms with Crippen molar-refractivity contribution in [2.75, 3.05) is 6.61 Å². The molecule has 0 fully saturated rings. The summed E-state index contributed by atoms with van der Waals surface area (Å²) in [7, 11) is -3.83. The average Bonchev–Trinajstić information content (AvgIpc) is 2.15. The van der Waals surface area contributed by atoms with E-state index in [9.17, 15) is 8.42 Å². The van der Waals surface area contributed by atoms with Crippen LogP contribution in [0.1, 0.15) is 0 Å². The molecule has 4 nitrogen and oxygen atoms in total. The molecule has 0 bridgehead atoms. The molecule has 0 aromatic heterocycles. The van der Waals surface area contributed by atoms with E-state index < -0.39 is 10.0 Å². The van der Waals surface area contributed by atoms with Gasteiger partial charge in [0.2, 0.25) is 10.0 Å². The summed E-state index contributed by atoms with van der Waals surface area (Å²) >= 11 is 11.6. The van der Waals surface area contributed by atoms with Crippen LogP contribution in [-0.4, -0.2) is 15.0 Å². The van der Waals surface area contributed by atoms with E-state index in [0.717, 1.165) is 0 Å². The highest BCUT2D eigenvalue weighted by atomic mass is 35.5. The highest BCUT2D eigenvalue weighted by Crippen LogP contribution is 2.35. The smallest absolute Gasteiger partial charge is 0.238 e. The van der Waals surface area contributed by atoms with E-state index in [2.05, 4.69) is 6.58 Å². The zero-order chi connectivity index (χ0) is 12.3. The molecule has 0 spiro atoms. The second kappa shape index (κ2) is 5.05. The first-order chi connectivity index (χ1) is 7.36. The molecule has 88 valence electrons.